The van der Waals surface area contributed by atoms with Gasteiger partial charge in [0.1, 0.15) is 5.75 Å². The van der Waals surface area contributed by atoms with Crippen LogP contribution >= 0.6 is 27.7 Å². The van der Waals surface area contributed by atoms with Crippen molar-refractivity contribution < 1.29 is 14.6 Å². The molecule has 1 aliphatic heterocycles. The minimum atomic E-state index is -0.143. The maximum atomic E-state index is 12.3. The van der Waals surface area contributed by atoms with Crippen LogP contribution in [0.1, 0.15) is 0 Å². The fourth-order valence-electron chi connectivity index (χ4n) is 3.03. The summed E-state index contributed by atoms with van der Waals surface area (Å²) in [6.45, 7) is 3.22. The molecular formula is C20H20BrN5O3S. The van der Waals surface area contributed by atoms with Crippen LogP contribution in [0, 0.1) is 0 Å². The fraction of sp³-hybridized carbons (Fsp3) is 0.250. The molecule has 4 rings (SSSR count). The number of carbonyl (C=O) groups is 1. The van der Waals surface area contributed by atoms with Crippen LogP contribution in [0.4, 0.5) is 11.4 Å². The van der Waals surface area contributed by atoms with E-state index in [-0.39, 0.29) is 17.4 Å². The first-order valence-corrected chi connectivity index (χ1v) is 11.1. The topological polar surface area (TPSA) is 103 Å². The Labute approximate surface area is 186 Å². The third-order valence-corrected chi connectivity index (χ3v) is 5.88. The molecule has 0 aliphatic carbocycles. The van der Waals surface area contributed by atoms with Gasteiger partial charge in [0.15, 0.2) is 5.82 Å². The fourth-order valence-corrected chi connectivity index (χ4v) is 3.99. The predicted octanol–water partition coefficient (Wildman–Crippen LogP) is 3.51. The number of ether oxygens (including phenoxy) is 1. The number of morpholine rings is 1. The van der Waals surface area contributed by atoms with Gasteiger partial charge in [-0.3, -0.25) is 9.89 Å². The van der Waals surface area contributed by atoms with Gasteiger partial charge >= 0.3 is 0 Å². The van der Waals surface area contributed by atoms with Crippen LogP contribution < -0.4 is 10.2 Å². The summed E-state index contributed by atoms with van der Waals surface area (Å²) in [5.74, 6) is 0.572. The number of phenolic OH excluding ortho intramolecular Hbond substituents is 1. The molecule has 2 aromatic carbocycles. The highest BCUT2D eigenvalue weighted by Gasteiger charge is 2.13. The van der Waals surface area contributed by atoms with E-state index >= 15 is 0 Å². The van der Waals surface area contributed by atoms with Crippen molar-refractivity contribution in [3.63, 3.8) is 0 Å². The minimum Gasteiger partial charge on any atom is -0.507 e. The number of benzene rings is 2. The molecule has 1 aliphatic rings. The number of hydrogen-bond donors (Lipinski definition) is 3. The number of aromatic nitrogens is 3. The molecule has 1 fully saturated rings. The number of halogens is 1. The Morgan fingerprint density at radius 1 is 1.23 bits per heavy atom. The third kappa shape index (κ3) is 5.13. The zero-order valence-corrected chi connectivity index (χ0v) is 18.4. The van der Waals surface area contributed by atoms with Crippen LogP contribution in [0.15, 0.2) is 52.1 Å². The second kappa shape index (κ2) is 9.50. The van der Waals surface area contributed by atoms with Crippen LogP contribution in [0.3, 0.4) is 0 Å². The number of nitrogens with one attached hydrogen (secondary N) is 2. The first-order chi connectivity index (χ1) is 14.6. The van der Waals surface area contributed by atoms with Crippen molar-refractivity contribution >= 4 is 45.0 Å². The Bertz CT molecular complexity index is 1020. The third-order valence-electron chi connectivity index (χ3n) is 4.54. The summed E-state index contributed by atoms with van der Waals surface area (Å²) in [4.78, 5) is 18.9. The smallest absolute Gasteiger partial charge is 0.234 e. The first kappa shape index (κ1) is 20.7. The molecule has 1 aromatic heterocycles. The van der Waals surface area contributed by atoms with E-state index in [0.29, 0.717) is 16.5 Å². The summed E-state index contributed by atoms with van der Waals surface area (Å²) in [7, 11) is 0. The second-order valence-electron chi connectivity index (χ2n) is 6.61. The van der Waals surface area contributed by atoms with Gasteiger partial charge < -0.3 is 20.1 Å². The largest absolute Gasteiger partial charge is 0.507 e. The number of thioether (sulfide) groups is 1. The predicted molar refractivity (Wildman–Crippen MR) is 120 cm³/mol. The molecule has 8 nitrogen and oxygen atoms in total. The maximum Gasteiger partial charge on any atom is 0.234 e. The summed E-state index contributed by atoms with van der Waals surface area (Å²) in [5.41, 5.74) is 2.40. The van der Waals surface area contributed by atoms with E-state index in [2.05, 4.69) is 41.3 Å². The molecule has 30 heavy (non-hydrogen) atoms. The molecule has 3 aromatic rings. The molecule has 0 bridgehead atoms. The molecule has 2 heterocycles. The van der Waals surface area contributed by atoms with E-state index in [0.717, 1.165) is 42.2 Å². The number of aromatic hydroxyl groups is 1. The molecule has 0 unspecified atom stereocenters. The van der Waals surface area contributed by atoms with Crippen LogP contribution in [0.25, 0.3) is 11.4 Å². The van der Waals surface area contributed by atoms with Crippen molar-refractivity contribution in [1.82, 2.24) is 15.2 Å². The highest BCUT2D eigenvalue weighted by molar-refractivity contribution is 9.10. The number of nitrogens with zero attached hydrogens (tertiary/aromatic N) is 3. The van der Waals surface area contributed by atoms with Gasteiger partial charge in [-0.15, -0.1) is 5.10 Å². The zero-order chi connectivity index (χ0) is 20.9. The molecular weight excluding hydrogens is 470 g/mol. The summed E-state index contributed by atoms with van der Waals surface area (Å²) in [6.07, 6.45) is 0. The minimum absolute atomic E-state index is 0.101. The molecule has 0 spiro atoms. The van der Waals surface area contributed by atoms with Gasteiger partial charge in [-0.05, 0) is 42.5 Å². The van der Waals surface area contributed by atoms with Crippen LogP contribution in [-0.2, 0) is 9.53 Å². The average molecular weight is 490 g/mol. The number of rotatable bonds is 6. The van der Waals surface area contributed by atoms with Gasteiger partial charge in [-0.2, -0.15) is 0 Å². The maximum absolute atomic E-state index is 12.3. The van der Waals surface area contributed by atoms with Crippen molar-refractivity contribution in [2.24, 2.45) is 0 Å². The number of carbonyl (C=O) groups excluding carboxylic acids is 1. The lowest BCUT2D eigenvalue weighted by Crippen LogP contribution is -2.36. The SMILES string of the molecule is O=C(CSc1n[nH]c(-c2cc(Br)ccc2O)n1)Nc1ccc(N2CCOCC2)cc1. The summed E-state index contributed by atoms with van der Waals surface area (Å²) in [5, 5.41) is 20.2. The van der Waals surface area contributed by atoms with Crippen LogP contribution in [0.2, 0.25) is 0 Å². The summed E-state index contributed by atoms with van der Waals surface area (Å²) < 4.78 is 6.19. The van der Waals surface area contributed by atoms with Gasteiger partial charge in [0.05, 0.1) is 24.5 Å². The van der Waals surface area contributed by atoms with Crippen molar-refractivity contribution in [2.75, 3.05) is 42.3 Å². The van der Waals surface area contributed by atoms with E-state index in [1.54, 1.807) is 18.2 Å². The number of aromatic amines is 1. The summed E-state index contributed by atoms with van der Waals surface area (Å²) >= 11 is 4.59. The normalized spacial score (nSPS) is 14.0. The summed E-state index contributed by atoms with van der Waals surface area (Å²) in [6, 6.07) is 12.9. The van der Waals surface area contributed by atoms with E-state index in [1.807, 2.05) is 24.3 Å². The molecule has 1 amide bonds. The molecule has 0 saturated carbocycles. The lowest BCUT2D eigenvalue weighted by molar-refractivity contribution is -0.113. The highest BCUT2D eigenvalue weighted by atomic mass is 79.9. The van der Waals surface area contributed by atoms with E-state index < -0.39 is 0 Å². The molecule has 3 N–H and O–H groups in total. The van der Waals surface area contributed by atoms with Crippen LogP contribution in [0.5, 0.6) is 5.75 Å². The van der Waals surface area contributed by atoms with E-state index in [4.69, 9.17) is 4.74 Å². The number of amides is 1. The van der Waals surface area contributed by atoms with Gasteiger partial charge in [-0.1, -0.05) is 27.7 Å². The van der Waals surface area contributed by atoms with Crippen LogP contribution in [-0.4, -0.2) is 58.3 Å². The number of H-pyrrole nitrogens is 1. The standard InChI is InChI=1S/C20H20BrN5O3S/c21-13-1-6-17(27)16(11-13)19-23-20(25-24-19)30-12-18(28)22-14-2-4-15(5-3-14)26-7-9-29-10-8-26/h1-6,11,27H,7-10,12H2,(H,22,28)(H,23,24,25). The Balaban J connectivity index is 1.31. The first-order valence-electron chi connectivity index (χ1n) is 9.35. The van der Waals surface area contributed by atoms with Crippen molar-refractivity contribution in [3.8, 4) is 17.1 Å². The Hall–Kier alpha value is -2.56. The second-order valence-corrected chi connectivity index (χ2v) is 8.47. The Kier molecular flexibility index (Phi) is 6.56. The molecule has 1 saturated heterocycles. The van der Waals surface area contributed by atoms with Crippen molar-refractivity contribution in [2.45, 2.75) is 5.16 Å². The number of anilines is 2. The Morgan fingerprint density at radius 3 is 2.77 bits per heavy atom. The monoisotopic (exact) mass is 489 g/mol. The highest BCUT2D eigenvalue weighted by Crippen LogP contribution is 2.30. The van der Waals surface area contributed by atoms with E-state index in [1.165, 1.54) is 11.8 Å². The van der Waals surface area contributed by atoms with Gasteiger partial charge in [0.2, 0.25) is 11.1 Å². The zero-order valence-electron chi connectivity index (χ0n) is 16.0. The Morgan fingerprint density at radius 2 is 2.00 bits per heavy atom. The van der Waals surface area contributed by atoms with Crippen molar-refractivity contribution in [1.29, 1.82) is 0 Å². The van der Waals surface area contributed by atoms with E-state index in [9.17, 15) is 9.90 Å². The van der Waals surface area contributed by atoms with Gasteiger partial charge in [0.25, 0.3) is 0 Å². The quantitative estimate of drug-likeness (QED) is 0.455. The average Bonchev–Trinajstić information content (AvgIpc) is 3.24. The molecule has 10 heteroatoms. The van der Waals surface area contributed by atoms with Gasteiger partial charge in [-0.25, -0.2) is 4.98 Å². The van der Waals surface area contributed by atoms with Crippen molar-refractivity contribution in [3.05, 3.63) is 46.9 Å². The molecule has 156 valence electrons. The number of phenols is 1. The van der Waals surface area contributed by atoms with Gasteiger partial charge in [0, 0.05) is 28.9 Å². The lowest BCUT2D eigenvalue weighted by Gasteiger charge is -2.28. The molecule has 0 radical (unpaired) electrons. The number of hydrogen-bond acceptors (Lipinski definition) is 7. The lowest BCUT2D eigenvalue weighted by atomic mass is 10.2. The molecule has 0 atom stereocenters.